The van der Waals surface area contributed by atoms with E-state index in [4.69, 9.17) is 0 Å². The molecule has 2 amide bonds. The molecule has 0 radical (unpaired) electrons. The summed E-state index contributed by atoms with van der Waals surface area (Å²) in [6.07, 6.45) is 0. The molecule has 0 spiro atoms. The smallest absolute Gasteiger partial charge is 0.325 e. The summed E-state index contributed by atoms with van der Waals surface area (Å²) in [5.41, 5.74) is 0.844. The Morgan fingerprint density at radius 2 is 1.86 bits per heavy atom. The molecule has 0 rings (SSSR count). The number of hydrogen-bond donors (Lipinski definition) is 2. The molecule has 0 saturated heterocycles. The fraction of sp³-hybridized carbons (Fsp3) is 0.556. The summed E-state index contributed by atoms with van der Waals surface area (Å²) >= 11 is 0. The Bertz CT molecular complexity index is 226. The molecule has 0 fully saturated rings. The number of carbonyl (C=O) groups excluding carboxylic acids is 2. The Kier molecular flexibility index (Phi) is 6.19. The van der Waals surface area contributed by atoms with E-state index in [1.54, 1.807) is 13.8 Å². The minimum absolute atomic E-state index is 0.115. The van der Waals surface area contributed by atoms with Gasteiger partial charge >= 0.3 is 12.0 Å². The van der Waals surface area contributed by atoms with Gasteiger partial charge in [-0.05, 0) is 13.8 Å². The van der Waals surface area contributed by atoms with Crippen molar-refractivity contribution in [2.75, 3.05) is 19.7 Å². The average molecular weight is 200 g/mol. The van der Waals surface area contributed by atoms with E-state index in [9.17, 15) is 9.59 Å². The first kappa shape index (κ1) is 12.5. The maximum absolute atomic E-state index is 11.0. The molecule has 0 aromatic heterocycles. The third-order valence-corrected chi connectivity index (χ3v) is 1.25. The topological polar surface area (TPSA) is 67.4 Å². The Hall–Kier alpha value is -1.52. The molecule has 0 atom stereocenters. The summed E-state index contributed by atoms with van der Waals surface area (Å²) in [6.45, 7) is 7.72. The Labute approximate surface area is 83.5 Å². The van der Waals surface area contributed by atoms with Gasteiger partial charge in [0.2, 0.25) is 0 Å². The fourth-order valence-corrected chi connectivity index (χ4v) is 0.658. The molecule has 5 heteroatoms. The highest BCUT2D eigenvalue weighted by atomic mass is 16.5. The molecule has 14 heavy (non-hydrogen) atoms. The first-order chi connectivity index (χ1) is 6.56. The third-order valence-electron chi connectivity index (χ3n) is 1.25. The van der Waals surface area contributed by atoms with Crippen molar-refractivity contribution in [3.05, 3.63) is 12.2 Å². The van der Waals surface area contributed by atoms with Gasteiger partial charge in [-0.25, -0.2) is 4.79 Å². The van der Waals surface area contributed by atoms with Gasteiger partial charge in [0, 0.05) is 6.54 Å². The van der Waals surface area contributed by atoms with Gasteiger partial charge in [-0.1, -0.05) is 12.2 Å². The van der Waals surface area contributed by atoms with Crippen LogP contribution in [-0.4, -0.2) is 31.7 Å². The fourth-order valence-electron chi connectivity index (χ4n) is 0.658. The lowest BCUT2D eigenvalue weighted by Gasteiger charge is -2.06. The molecule has 0 aliphatic carbocycles. The summed E-state index contributed by atoms with van der Waals surface area (Å²) < 4.78 is 4.62. The first-order valence-electron chi connectivity index (χ1n) is 4.38. The number of esters is 1. The van der Waals surface area contributed by atoms with Crippen LogP contribution in [0.4, 0.5) is 4.79 Å². The number of ether oxygens (including phenoxy) is 1. The van der Waals surface area contributed by atoms with Crippen molar-refractivity contribution in [1.29, 1.82) is 0 Å². The van der Waals surface area contributed by atoms with Gasteiger partial charge in [-0.3, -0.25) is 4.79 Å². The van der Waals surface area contributed by atoms with Gasteiger partial charge in [0.05, 0.1) is 6.61 Å². The molecule has 0 aromatic rings. The van der Waals surface area contributed by atoms with Crippen LogP contribution in [0, 0.1) is 0 Å². The van der Waals surface area contributed by atoms with Crippen LogP contribution in [0.2, 0.25) is 0 Å². The largest absolute Gasteiger partial charge is 0.465 e. The van der Waals surface area contributed by atoms with Crippen LogP contribution in [-0.2, 0) is 9.53 Å². The van der Waals surface area contributed by atoms with E-state index in [2.05, 4.69) is 21.9 Å². The van der Waals surface area contributed by atoms with E-state index < -0.39 is 12.0 Å². The maximum atomic E-state index is 11.0. The minimum Gasteiger partial charge on any atom is -0.465 e. The van der Waals surface area contributed by atoms with E-state index in [1.807, 2.05) is 0 Å². The third kappa shape index (κ3) is 7.15. The van der Waals surface area contributed by atoms with Gasteiger partial charge in [0.15, 0.2) is 0 Å². The Balaban J connectivity index is 3.53. The van der Waals surface area contributed by atoms with E-state index in [0.717, 1.165) is 5.57 Å². The van der Waals surface area contributed by atoms with Crippen LogP contribution < -0.4 is 10.6 Å². The quantitative estimate of drug-likeness (QED) is 0.499. The summed E-state index contributed by atoms with van der Waals surface area (Å²) in [5, 5.41) is 4.88. The van der Waals surface area contributed by atoms with Crippen molar-refractivity contribution in [3.63, 3.8) is 0 Å². The van der Waals surface area contributed by atoms with Gasteiger partial charge < -0.3 is 15.4 Å². The average Bonchev–Trinajstić information content (AvgIpc) is 2.12. The summed E-state index contributed by atoms with van der Waals surface area (Å²) in [5.74, 6) is -0.446. The van der Waals surface area contributed by atoms with Crippen LogP contribution in [0.15, 0.2) is 12.2 Å². The van der Waals surface area contributed by atoms with Gasteiger partial charge in [-0.2, -0.15) is 0 Å². The minimum atomic E-state index is -0.446. The molecule has 0 aliphatic heterocycles. The van der Waals surface area contributed by atoms with Crippen LogP contribution in [0.5, 0.6) is 0 Å². The van der Waals surface area contributed by atoms with Crippen molar-refractivity contribution >= 4 is 12.0 Å². The normalized spacial score (nSPS) is 9.00. The second-order valence-corrected chi connectivity index (χ2v) is 2.80. The Morgan fingerprint density at radius 1 is 1.29 bits per heavy atom. The van der Waals surface area contributed by atoms with Crippen molar-refractivity contribution in [2.24, 2.45) is 0 Å². The molecule has 0 aliphatic rings. The molecule has 0 saturated carbocycles. The standard InChI is InChI=1S/C9H16N2O3/c1-4-14-8(12)6-11-9(13)10-5-7(2)3/h2,4-6H2,1,3H3,(H2,10,11,13). The van der Waals surface area contributed by atoms with Crippen LogP contribution >= 0.6 is 0 Å². The van der Waals surface area contributed by atoms with Crippen LogP contribution in [0.3, 0.4) is 0 Å². The molecular formula is C9H16N2O3. The van der Waals surface area contributed by atoms with Crippen molar-refractivity contribution in [2.45, 2.75) is 13.8 Å². The molecular weight excluding hydrogens is 184 g/mol. The van der Waals surface area contributed by atoms with E-state index in [-0.39, 0.29) is 6.54 Å². The highest BCUT2D eigenvalue weighted by molar-refractivity contribution is 5.80. The van der Waals surface area contributed by atoms with E-state index >= 15 is 0 Å². The predicted molar refractivity (Wildman–Crippen MR) is 52.8 cm³/mol. The number of hydrogen-bond acceptors (Lipinski definition) is 3. The zero-order valence-electron chi connectivity index (χ0n) is 8.55. The van der Waals surface area contributed by atoms with Gasteiger partial charge in [0.25, 0.3) is 0 Å². The molecule has 80 valence electrons. The van der Waals surface area contributed by atoms with E-state index in [1.165, 1.54) is 0 Å². The summed E-state index contributed by atoms with van der Waals surface area (Å²) in [6, 6.07) is -0.402. The molecule has 0 aromatic carbocycles. The maximum Gasteiger partial charge on any atom is 0.325 e. The molecule has 2 N–H and O–H groups in total. The predicted octanol–water partition coefficient (Wildman–Crippen LogP) is 0.425. The number of carbonyl (C=O) groups is 2. The highest BCUT2D eigenvalue weighted by Crippen LogP contribution is 1.81. The zero-order valence-corrected chi connectivity index (χ0v) is 8.55. The second-order valence-electron chi connectivity index (χ2n) is 2.80. The number of rotatable bonds is 5. The van der Waals surface area contributed by atoms with Crippen molar-refractivity contribution in [1.82, 2.24) is 10.6 Å². The van der Waals surface area contributed by atoms with Crippen LogP contribution in [0.1, 0.15) is 13.8 Å². The number of urea groups is 1. The number of amides is 2. The highest BCUT2D eigenvalue weighted by Gasteiger charge is 2.04. The summed E-state index contributed by atoms with van der Waals surface area (Å²) in [4.78, 5) is 21.8. The van der Waals surface area contributed by atoms with Crippen molar-refractivity contribution < 1.29 is 14.3 Å². The molecule has 0 heterocycles. The van der Waals surface area contributed by atoms with Crippen LogP contribution in [0.25, 0.3) is 0 Å². The summed E-state index contributed by atoms with van der Waals surface area (Å²) in [7, 11) is 0. The second kappa shape index (κ2) is 6.94. The lowest BCUT2D eigenvalue weighted by molar-refractivity contribution is -0.141. The van der Waals surface area contributed by atoms with Gasteiger partial charge in [-0.15, -0.1) is 0 Å². The monoisotopic (exact) mass is 200 g/mol. The molecule has 0 unspecified atom stereocenters. The van der Waals surface area contributed by atoms with E-state index in [0.29, 0.717) is 13.2 Å². The number of nitrogens with one attached hydrogen (secondary N) is 2. The molecule has 0 bridgehead atoms. The van der Waals surface area contributed by atoms with Gasteiger partial charge in [0.1, 0.15) is 6.54 Å². The molecule has 5 nitrogen and oxygen atoms in total. The zero-order chi connectivity index (χ0) is 11.0. The Morgan fingerprint density at radius 3 is 2.36 bits per heavy atom. The lowest BCUT2D eigenvalue weighted by Crippen LogP contribution is -2.39. The lowest BCUT2D eigenvalue weighted by atomic mass is 10.3. The van der Waals surface area contributed by atoms with Crippen molar-refractivity contribution in [3.8, 4) is 0 Å². The SMILES string of the molecule is C=C(C)CNC(=O)NCC(=O)OCC. The first-order valence-corrected chi connectivity index (χ1v) is 4.38.